The largest absolute Gasteiger partial charge is 0.490 e. The lowest BCUT2D eigenvalue weighted by molar-refractivity contribution is 0.0858. The molecular weight excluding hydrogens is 356 g/mol. The maximum absolute atomic E-state index is 12.8. The predicted molar refractivity (Wildman–Crippen MR) is 108 cm³/mol. The van der Waals surface area contributed by atoms with E-state index in [0.29, 0.717) is 29.1 Å². The minimum atomic E-state index is -0.323. The van der Waals surface area contributed by atoms with Crippen molar-refractivity contribution in [2.24, 2.45) is 0 Å². The molecule has 3 rings (SSSR count). The quantitative estimate of drug-likeness (QED) is 0.767. The fraction of sp³-hybridized carbons (Fsp3) is 0.364. The van der Waals surface area contributed by atoms with Gasteiger partial charge in [0.05, 0.1) is 29.0 Å². The molecule has 28 heavy (non-hydrogen) atoms. The fourth-order valence-electron chi connectivity index (χ4n) is 3.10. The summed E-state index contributed by atoms with van der Waals surface area (Å²) in [6.45, 7) is 5.02. The first-order valence-electron chi connectivity index (χ1n) is 9.60. The topological polar surface area (TPSA) is 76.7 Å². The molecule has 2 aromatic carbocycles. The van der Waals surface area contributed by atoms with E-state index in [0.717, 1.165) is 19.4 Å². The summed E-state index contributed by atoms with van der Waals surface area (Å²) in [5.74, 6) is -0.0518. The van der Waals surface area contributed by atoms with Gasteiger partial charge in [0.1, 0.15) is 5.75 Å². The van der Waals surface area contributed by atoms with Crippen molar-refractivity contribution in [2.75, 3.05) is 18.5 Å². The van der Waals surface area contributed by atoms with Crippen molar-refractivity contribution in [2.45, 2.75) is 38.9 Å². The first-order chi connectivity index (χ1) is 13.5. The van der Waals surface area contributed by atoms with Crippen molar-refractivity contribution >= 4 is 17.5 Å². The van der Waals surface area contributed by atoms with E-state index in [2.05, 4.69) is 10.6 Å². The molecule has 2 amide bonds. The third-order valence-corrected chi connectivity index (χ3v) is 4.43. The fourth-order valence-corrected chi connectivity index (χ4v) is 3.10. The lowest BCUT2D eigenvalue weighted by Gasteiger charge is -2.16. The van der Waals surface area contributed by atoms with Crippen LogP contribution < -0.4 is 15.4 Å². The van der Waals surface area contributed by atoms with Gasteiger partial charge in [-0.1, -0.05) is 24.3 Å². The Morgan fingerprint density at radius 2 is 1.79 bits per heavy atom. The number of rotatable bonds is 7. The highest BCUT2D eigenvalue weighted by molar-refractivity contribution is 6.10. The monoisotopic (exact) mass is 382 g/mol. The van der Waals surface area contributed by atoms with Gasteiger partial charge in [-0.05, 0) is 51.0 Å². The molecule has 2 N–H and O–H groups in total. The molecule has 0 spiro atoms. The molecule has 6 heteroatoms. The van der Waals surface area contributed by atoms with E-state index >= 15 is 0 Å². The van der Waals surface area contributed by atoms with Crippen molar-refractivity contribution < 1.29 is 19.1 Å². The molecule has 1 aliphatic heterocycles. The molecule has 1 heterocycles. The lowest BCUT2D eigenvalue weighted by atomic mass is 10.1. The van der Waals surface area contributed by atoms with Crippen LogP contribution in [-0.2, 0) is 4.74 Å². The summed E-state index contributed by atoms with van der Waals surface area (Å²) in [6, 6.07) is 14.0. The van der Waals surface area contributed by atoms with Crippen molar-refractivity contribution in [1.29, 1.82) is 0 Å². The third-order valence-electron chi connectivity index (χ3n) is 4.43. The first kappa shape index (κ1) is 19.9. The number of carbonyl (C=O) groups is 2. The van der Waals surface area contributed by atoms with Crippen LogP contribution in [0.4, 0.5) is 5.69 Å². The van der Waals surface area contributed by atoms with E-state index in [4.69, 9.17) is 9.47 Å². The van der Waals surface area contributed by atoms with Crippen LogP contribution in [0, 0.1) is 0 Å². The summed E-state index contributed by atoms with van der Waals surface area (Å²) in [5, 5.41) is 5.73. The highest BCUT2D eigenvalue weighted by Gasteiger charge is 2.19. The Labute approximate surface area is 165 Å². The summed E-state index contributed by atoms with van der Waals surface area (Å²) in [4.78, 5) is 25.4. The van der Waals surface area contributed by atoms with E-state index in [1.165, 1.54) is 0 Å². The number of nitrogens with one attached hydrogen (secondary N) is 2. The van der Waals surface area contributed by atoms with Crippen molar-refractivity contribution in [3.63, 3.8) is 0 Å². The summed E-state index contributed by atoms with van der Waals surface area (Å²) >= 11 is 0. The lowest BCUT2D eigenvalue weighted by Crippen LogP contribution is -2.32. The second kappa shape index (κ2) is 9.37. The van der Waals surface area contributed by atoms with Gasteiger partial charge in [0.2, 0.25) is 0 Å². The Morgan fingerprint density at radius 3 is 2.50 bits per heavy atom. The molecule has 1 atom stereocenters. The van der Waals surface area contributed by atoms with E-state index < -0.39 is 0 Å². The van der Waals surface area contributed by atoms with Gasteiger partial charge in [-0.15, -0.1) is 0 Å². The van der Waals surface area contributed by atoms with E-state index in [1.54, 1.807) is 42.5 Å². The van der Waals surface area contributed by atoms with Crippen molar-refractivity contribution in [3.8, 4) is 5.75 Å². The molecule has 0 aliphatic carbocycles. The molecule has 6 nitrogen and oxygen atoms in total. The number of carbonyl (C=O) groups excluding carboxylic acids is 2. The average molecular weight is 382 g/mol. The van der Waals surface area contributed by atoms with Crippen LogP contribution in [0.5, 0.6) is 5.75 Å². The first-order valence-corrected chi connectivity index (χ1v) is 9.60. The summed E-state index contributed by atoms with van der Waals surface area (Å²) in [5.41, 5.74) is 1.29. The maximum Gasteiger partial charge on any atom is 0.259 e. The Kier molecular flexibility index (Phi) is 6.66. The molecule has 148 valence electrons. The van der Waals surface area contributed by atoms with Crippen LogP contribution in [0.25, 0.3) is 0 Å². The number of ether oxygens (including phenoxy) is 2. The highest BCUT2D eigenvalue weighted by Crippen LogP contribution is 2.22. The molecule has 0 saturated carbocycles. The summed E-state index contributed by atoms with van der Waals surface area (Å²) in [6.07, 6.45) is 1.98. The summed E-state index contributed by atoms with van der Waals surface area (Å²) in [7, 11) is 0. The van der Waals surface area contributed by atoms with Gasteiger partial charge >= 0.3 is 0 Å². The van der Waals surface area contributed by atoms with Gasteiger partial charge in [0.15, 0.2) is 0 Å². The number of amides is 2. The van der Waals surface area contributed by atoms with Crippen LogP contribution in [0.2, 0.25) is 0 Å². The number of hydrogen-bond donors (Lipinski definition) is 2. The second-order valence-corrected chi connectivity index (χ2v) is 7.01. The third kappa shape index (κ3) is 5.10. The molecular formula is C22H26N2O4. The average Bonchev–Trinajstić information content (AvgIpc) is 3.20. The van der Waals surface area contributed by atoms with Gasteiger partial charge in [0.25, 0.3) is 11.8 Å². The maximum atomic E-state index is 12.8. The van der Waals surface area contributed by atoms with Gasteiger partial charge in [-0.3, -0.25) is 9.59 Å². The van der Waals surface area contributed by atoms with Crippen molar-refractivity contribution in [3.05, 3.63) is 59.7 Å². The second-order valence-electron chi connectivity index (χ2n) is 7.01. The molecule has 0 unspecified atom stereocenters. The molecule has 0 aromatic heterocycles. The Hall–Kier alpha value is -2.86. The molecule has 0 radical (unpaired) electrons. The van der Waals surface area contributed by atoms with Crippen LogP contribution in [-0.4, -0.2) is 37.2 Å². The van der Waals surface area contributed by atoms with E-state index in [9.17, 15) is 9.59 Å². The van der Waals surface area contributed by atoms with E-state index in [-0.39, 0.29) is 24.0 Å². The number of benzene rings is 2. The zero-order chi connectivity index (χ0) is 19.9. The molecule has 1 saturated heterocycles. The highest BCUT2D eigenvalue weighted by atomic mass is 16.5. The van der Waals surface area contributed by atoms with Gasteiger partial charge in [-0.25, -0.2) is 0 Å². The number of para-hydroxylation sites is 2. The number of hydrogen-bond acceptors (Lipinski definition) is 4. The van der Waals surface area contributed by atoms with Crippen LogP contribution in [0.1, 0.15) is 47.4 Å². The van der Waals surface area contributed by atoms with Crippen LogP contribution in [0.15, 0.2) is 48.5 Å². The smallest absolute Gasteiger partial charge is 0.259 e. The summed E-state index contributed by atoms with van der Waals surface area (Å²) < 4.78 is 11.3. The van der Waals surface area contributed by atoms with E-state index in [1.807, 2.05) is 19.9 Å². The Bertz CT molecular complexity index is 829. The minimum Gasteiger partial charge on any atom is -0.490 e. The van der Waals surface area contributed by atoms with Gasteiger partial charge in [0, 0.05) is 13.2 Å². The molecule has 1 fully saturated rings. The standard InChI is InChI=1S/C22H26N2O4/c1-15(2)28-20-12-6-4-10-18(20)22(26)24-19-11-5-3-9-17(19)21(25)23-14-16-8-7-13-27-16/h3-6,9-12,15-16H,7-8,13-14H2,1-2H3,(H,23,25)(H,24,26)/t16-/m0/s1. The molecule has 0 bridgehead atoms. The normalized spacial score (nSPS) is 16.0. The number of anilines is 1. The zero-order valence-electron chi connectivity index (χ0n) is 16.2. The minimum absolute atomic E-state index is 0.0511. The molecule has 2 aromatic rings. The van der Waals surface area contributed by atoms with Crippen LogP contribution >= 0.6 is 0 Å². The molecule has 1 aliphatic rings. The van der Waals surface area contributed by atoms with Crippen molar-refractivity contribution in [1.82, 2.24) is 5.32 Å². The Morgan fingerprint density at radius 1 is 1.07 bits per heavy atom. The van der Waals surface area contributed by atoms with Gasteiger partial charge < -0.3 is 20.1 Å². The van der Waals surface area contributed by atoms with Gasteiger partial charge in [-0.2, -0.15) is 0 Å². The van der Waals surface area contributed by atoms with Crippen LogP contribution in [0.3, 0.4) is 0 Å². The Balaban J connectivity index is 1.72. The predicted octanol–water partition coefficient (Wildman–Crippen LogP) is 3.63. The SMILES string of the molecule is CC(C)Oc1ccccc1C(=O)Nc1ccccc1C(=O)NC[C@@H]1CCCO1. The zero-order valence-corrected chi connectivity index (χ0v) is 16.2.